The number of hydrogen-bond donors (Lipinski definition) is 1. The number of aryl methyl sites for hydroxylation is 1. The number of benzene rings is 1. The molecule has 0 aliphatic carbocycles. The molecule has 1 aliphatic heterocycles. The molecule has 1 aliphatic rings. The second kappa shape index (κ2) is 8.56. The number of alkyl halides is 3. The van der Waals surface area contributed by atoms with Crippen molar-refractivity contribution in [3.8, 4) is 11.1 Å². The van der Waals surface area contributed by atoms with Gasteiger partial charge in [0.2, 0.25) is 5.91 Å². The van der Waals surface area contributed by atoms with Gasteiger partial charge in [-0.3, -0.25) is 9.78 Å². The lowest BCUT2D eigenvalue weighted by Gasteiger charge is -2.31. The molecule has 3 aromatic rings. The van der Waals surface area contributed by atoms with Crippen LogP contribution in [0, 0.1) is 6.92 Å². The molecule has 0 unspecified atom stereocenters. The van der Waals surface area contributed by atoms with E-state index in [4.69, 9.17) is 9.90 Å². The monoisotopic (exact) mass is 419 g/mol. The highest BCUT2D eigenvalue weighted by Gasteiger charge is 2.38. The van der Waals surface area contributed by atoms with Gasteiger partial charge in [-0.25, -0.2) is 4.79 Å². The number of pyridine rings is 1. The van der Waals surface area contributed by atoms with Gasteiger partial charge in [-0.1, -0.05) is 24.3 Å². The molecule has 3 heterocycles. The number of carbonyl (C=O) groups excluding carboxylic acids is 1. The maximum atomic E-state index is 12.2. The minimum atomic E-state index is -5.08. The van der Waals surface area contributed by atoms with E-state index in [1.54, 1.807) is 0 Å². The molecule has 0 radical (unpaired) electrons. The molecular weight excluding hydrogens is 399 g/mol. The summed E-state index contributed by atoms with van der Waals surface area (Å²) in [5.74, 6) is -2.57. The van der Waals surface area contributed by atoms with E-state index in [-0.39, 0.29) is 5.91 Å². The third kappa shape index (κ3) is 4.79. The molecule has 0 bridgehead atoms. The molecule has 1 amide bonds. The van der Waals surface area contributed by atoms with Crippen molar-refractivity contribution < 1.29 is 27.9 Å². The van der Waals surface area contributed by atoms with Crippen LogP contribution in [0.2, 0.25) is 0 Å². The highest BCUT2D eigenvalue weighted by molar-refractivity contribution is 5.84. The molecule has 1 N–H and O–H groups in total. The van der Waals surface area contributed by atoms with Crippen molar-refractivity contribution in [2.45, 2.75) is 26.1 Å². The van der Waals surface area contributed by atoms with Crippen molar-refractivity contribution in [2.24, 2.45) is 0 Å². The van der Waals surface area contributed by atoms with Gasteiger partial charge >= 0.3 is 12.1 Å². The highest BCUT2D eigenvalue weighted by atomic mass is 19.4. The minimum absolute atomic E-state index is 0.190. The van der Waals surface area contributed by atoms with Crippen LogP contribution in [0.4, 0.5) is 13.2 Å². The lowest BCUT2D eigenvalue weighted by Crippen LogP contribution is -2.43. The summed E-state index contributed by atoms with van der Waals surface area (Å²) < 4.78 is 33.7. The van der Waals surface area contributed by atoms with E-state index in [0.29, 0.717) is 6.54 Å². The molecule has 0 saturated carbocycles. The number of amides is 1. The first-order chi connectivity index (χ1) is 14.2. The first-order valence-corrected chi connectivity index (χ1v) is 9.25. The van der Waals surface area contributed by atoms with E-state index >= 15 is 0 Å². The number of carbonyl (C=O) groups is 2. The first kappa shape index (κ1) is 21.4. The average Bonchev–Trinajstić information content (AvgIpc) is 3.02. The molecule has 0 atom stereocenters. The maximum absolute atomic E-state index is 12.2. The fourth-order valence-electron chi connectivity index (χ4n) is 3.06. The predicted octanol–water partition coefficient (Wildman–Crippen LogP) is 3.88. The van der Waals surface area contributed by atoms with Crippen molar-refractivity contribution in [3.63, 3.8) is 0 Å². The molecule has 1 fully saturated rings. The molecule has 9 heteroatoms. The Labute approximate surface area is 170 Å². The number of likely N-dealkylation sites (tertiary alicyclic amines) is 1. The van der Waals surface area contributed by atoms with Crippen molar-refractivity contribution in [1.82, 2.24) is 14.5 Å². The molecule has 1 aromatic carbocycles. The molecule has 2 aromatic heterocycles. The number of nitrogens with zero attached hydrogens (tertiary/aromatic N) is 3. The molecule has 1 saturated heterocycles. The molecule has 4 rings (SSSR count). The van der Waals surface area contributed by atoms with Gasteiger partial charge in [0.05, 0.1) is 11.0 Å². The van der Waals surface area contributed by atoms with Gasteiger partial charge in [0, 0.05) is 31.0 Å². The number of halogens is 3. The fourth-order valence-corrected chi connectivity index (χ4v) is 3.06. The molecule has 6 nitrogen and oxygen atoms in total. The van der Waals surface area contributed by atoms with Crippen LogP contribution < -0.4 is 0 Å². The zero-order valence-corrected chi connectivity index (χ0v) is 16.2. The Bertz CT molecular complexity index is 1070. The summed E-state index contributed by atoms with van der Waals surface area (Å²) in [5, 5.41) is 7.12. The van der Waals surface area contributed by atoms with Gasteiger partial charge in [-0.05, 0) is 36.6 Å². The lowest BCUT2D eigenvalue weighted by molar-refractivity contribution is -0.192. The van der Waals surface area contributed by atoms with Crippen LogP contribution >= 0.6 is 0 Å². The SMILES string of the molecule is Cc1ccccc1-c1cnc2ccn(CC(=O)N3CCC3)c2c1.O=C(O)C(F)(F)F. The molecule has 0 spiro atoms. The summed E-state index contributed by atoms with van der Waals surface area (Å²) in [4.78, 5) is 27.6. The Morgan fingerprint density at radius 2 is 1.83 bits per heavy atom. The van der Waals surface area contributed by atoms with Crippen LogP contribution in [0.15, 0.2) is 48.8 Å². The highest BCUT2D eigenvalue weighted by Crippen LogP contribution is 2.26. The minimum Gasteiger partial charge on any atom is -0.475 e. The van der Waals surface area contributed by atoms with Crippen LogP contribution in [0.1, 0.15) is 12.0 Å². The molecule has 158 valence electrons. The van der Waals surface area contributed by atoms with Crippen molar-refractivity contribution in [2.75, 3.05) is 13.1 Å². The largest absolute Gasteiger partial charge is 0.490 e. The standard InChI is InChI=1S/C19H19N3O.C2HF3O2/c1-14-5-2-3-6-16(14)15-11-18-17(20-12-15)7-10-22(18)13-19(23)21-8-4-9-21;3-2(4,5)1(6)7/h2-3,5-7,10-12H,4,8-9,13H2,1H3;(H,6,7). The summed E-state index contributed by atoms with van der Waals surface area (Å²) in [7, 11) is 0. The van der Waals surface area contributed by atoms with Crippen LogP contribution in [-0.4, -0.2) is 50.7 Å². The normalized spacial score (nSPS) is 13.4. The van der Waals surface area contributed by atoms with Crippen molar-refractivity contribution in [1.29, 1.82) is 0 Å². The smallest absolute Gasteiger partial charge is 0.475 e. The zero-order chi connectivity index (χ0) is 21.9. The Hall–Kier alpha value is -3.36. The Balaban J connectivity index is 0.000000318. The topological polar surface area (TPSA) is 75.4 Å². The maximum Gasteiger partial charge on any atom is 0.490 e. The number of aromatic nitrogens is 2. The third-order valence-corrected chi connectivity index (χ3v) is 4.83. The number of rotatable bonds is 3. The van der Waals surface area contributed by atoms with E-state index in [1.807, 2.05) is 40.1 Å². The van der Waals surface area contributed by atoms with Gasteiger partial charge in [0.1, 0.15) is 6.54 Å². The number of fused-ring (bicyclic) bond motifs is 1. The van der Waals surface area contributed by atoms with E-state index in [2.05, 4.69) is 30.1 Å². The summed E-state index contributed by atoms with van der Waals surface area (Å²) in [5.41, 5.74) is 5.44. The van der Waals surface area contributed by atoms with E-state index < -0.39 is 12.1 Å². The number of hydrogen-bond acceptors (Lipinski definition) is 3. The molecular formula is C21H20F3N3O3. The van der Waals surface area contributed by atoms with Crippen LogP contribution in [0.5, 0.6) is 0 Å². The predicted molar refractivity (Wildman–Crippen MR) is 105 cm³/mol. The van der Waals surface area contributed by atoms with Gasteiger partial charge in [-0.2, -0.15) is 13.2 Å². The van der Waals surface area contributed by atoms with Gasteiger partial charge < -0.3 is 14.6 Å². The van der Waals surface area contributed by atoms with Crippen LogP contribution in [0.3, 0.4) is 0 Å². The average molecular weight is 419 g/mol. The quantitative estimate of drug-likeness (QED) is 0.699. The van der Waals surface area contributed by atoms with E-state index in [1.165, 1.54) is 11.1 Å². The second-order valence-electron chi connectivity index (χ2n) is 6.92. The summed E-state index contributed by atoms with van der Waals surface area (Å²) in [6.45, 7) is 4.28. The Morgan fingerprint density at radius 1 is 1.17 bits per heavy atom. The van der Waals surface area contributed by atoms with Gasteiger partial charge in [0.25, 0.3) is 0 Å². The van der Waals surface area contributed by atoms with Gasteiger partial charge in [0.15, 0.2) is 0 Å². The Morgan fingerprint density at radius 3 is 2.40 bits per heavy atom. The van der Waals surface area contributed by atoms with E-state index in [9.17, 15) is 18.0 Å². The van der Waals surface area contributed by atoms with Crippen molar-refractivity contribution >= 4 is 22.9 Å². The number of carboxylic acid groups (broad SMARTS) is 1. The molecule has 30 heavy (non-hydrogen) atoms. The zero-order valence-electron chi connectivity index (χ0n) is 16.2. The second-order valence-corrected chi connectivity index (χ2v) is 6.92. The Kier molecular flexibility index (Phi) is 6.09. The van der Waals surface area contributed by atoms with Crippen LogP contribution in [0.25, 0.3) is 22.2 Å². The summed E-state index contributed by atoms with van der Waals surface area (Å²) in [6.07, 6.45) is -0.0968. The van der Waals surface area contributed by atoms with Crippen molar-refractivity contribution in [3.05, 3.63) is 54.4 Å². The van der Waals surface area contributed by atoms with Gasteiger partial charge in [-0.15, -0.1) is 0 Å². The number of carboxylic acids is 1. The first-order valence-electron chi connectivity index (χ1n) is 9.25. The fraction of sp³-hybridized carbons (Fsp3) is 0.286. The van der Waals surface area contributed by atoms with E-state index in [0.717, 1.165) is 36.1 Å². The third-order valence-electron chi connectivity index (χ3n) is 4.83. The summed E-state index contributed by atoms with van der Waals surface area (Å²) >= 11 is 0. The summed E-state index contributed by atoms with van der Waals surface area (Å²) in [6, 6.07) is 12.4. The number of aliphatic carboxylic acids is 1. The lowest BCUT2D eigenvalue weighted by atomic mass is 10.0. The van der Waals surface area contributed by atoms with Crippen LogP contribution in [-0.2, 0) is 16.1 Å².